The fourth-order valence-electron chi connectivity index (χ4n) is 1.07. The maximum absolute atomic E-state index is 10.4. The third-order valence-corrected chi connectivity index (χ3v) is 1.74. The number of hydrogen-bond acceptors (Lipinski definition) is 2. The predicted molar refractivity (Wildman–Crippen MR) is 48.7 cm³/mol. The fraction of sp³-hybridized carbons (Fsp3) is 0.200. The van der Waals surface area contributed by atoms with E-state index in [9.17, 15) is 4.79 Å². The summed E-state index contributed by atoms with van der Waals surface area (Å²) >= 11 is 0. The number of carbonyl (C=O) groups is 1. The van der Waals surface area contributed by atoms with Crippen LogP contribution in [0.15, 0.2) is 24.3 Å². The number of amides is 1. The maximum atomic E-state index is 10.4. The molecule has 0 N–H and O–H groups in total. The Morgan fingerprint density at radius 2 is 2.23 bits per heavy atom. The molecule has 66 valence electrons. The number of carbonyl (C=O) groups excluding carboxylic acids is 1. The third-order valence-electron chi connectivity index (χ3n) is 1.74. The second-order valence-electron chi connectivity index (χ2n) is 2.79. The SMILES string of the molecule is CN(C=O)Cc1ccccc1C#N. The Hall–Kier alpha value is -1.82. The van der Waals surface area contributed by atoms with Gasteiger partial charge in [-0.05, 0) is 11.6 Å². The molecule has 1 amide bonds. The van der Waals surface area contributed by atoms with Crippen molar-refractivity contribution in [1.29, 1.82) is 5.26 Å². The lowest BCUT2D eigenvalue weighted by molar-refractivity contribution is -0.117. The molecule has 1 aromatic carbocycles. The molecule has 0 radical (unpaired) electrons. The number of rotatable bonds is 3. The Morgan fingerprint density at radius 1 is 1.54 bits per heavy atom. The summed E-state index contributed by atoms with van der Waals surface area (Å²) in [6.07, 6.45) is 0.744. The van der Waals surface area contributed by atoms with Gasteiger partial charge in [0.2, 0.25) is 6.41 Å². The second-order valence-corrected chi connectivity index (χ2v) is 2.79. The molecule has 0 heterocycles. The summed E-state index contributed by atoms with van der Waals surface area (Å²) in [5.74, 6) is 0. The molecule has 0 unspecified atom stereocenters. The lowest BCUT2D eigenvalue weighted by atomic mass is 10.1. The minimum absolute atomic E-state index is 0.479. The van der Waals surface area contributed by atoms with E-state index in [0.29, 0.717) is 12.1 Å². The Bertz CT molecular complexity index is 341. The molecule has 0 saturated heterocycles. The molecule has 0 aliphatic rings. The van der Waals surface area contributed by atoms with Crippen LogP contribution in [0, 0.1) is 11.3 Å². The van der Waals surface area contributed by atoms with Gasteiger partial charge in [0.05, 0.1) is 11.6 Å². The van der Waals surface area contributed by atoms with Gasteiger partial charge < -0.3 is 4.90 Å². The zero-order chi connectivity index (χ0) is 9.68. The monoisotopic (exact) mass is 174 g/mol. The van der Waals surface area contributed by atoms with Crippen LogP contribution in [-0.2, 0) is 11.3 Å². The van der Waals surface area contributed by atoms with E-state index in [2.05, 4.69) is 6.07 Å². The molecular weight excluding hydrogens is 164 g/mol. The van der Waals surface area contributed by atoms with Crippen LogP contribution >= 0.6 is 0 Å². The van der Waals surface area contributed by atoms with E-state index in [1.165, 1.54) is 4.90 Å². The van der Waals surface area contributed by atoms with E-state index in [-0.39, 0.29) is 0 Å². The molecule has 13 heavy (non-hydrogen) atoms. The van der Waals surface area contributed by atoms with E-state index in [1.807, 2.05) is 18.2 Å². The van der Waals surface area contributed by atoms with Crippen LogP contribution < -0.4 is 0 Å². The molecule has 0 fully saturated rings. The molecule has 1 rings (SSSR count). The lowest BCUT2D eigenvalue weighted by Crippen LogP contribution is -2.15. The first kappa shape index (κ1) is 9.27. The number of benzene rings is 1. The minimum Gasteiger partial charge on any atom is -0.344 e. The number of hydrogen-bond donors (Lipinski definition) is 0. The Kier molecular flexibility index (Phi) is 3.04. The van der Waals surface area contributed by atoms with Crippen molar-refractivity contribution in [3.8, 4) is 6.07 Å². The first-order valence-electron chi connectivity index (χ1n) is 3.91. The average molecular weight is 174 g/mol. The Morgan fingerprint density at radius 3 is 2.85 bits per heavy atom. The molecular formula is C10H10N2O. The summed E-state index contributed by atoms with van der Waals surface area (Å²) in [5.41, 5.74) is 1.50. The van der Waals surface area contributed by atoms with Gasteiger partial charge in [0.1, 0.15) is 0 Å². The van der Waals surface area contributed by atoms with Gasteiger partial charge in [-0.15, -0.1) is 0 Å². The van der Waals surface area contributed by atoms with Crippen molar-refractivity contribution >= 4 is 6.41 Å². The molecule has 0 bridgehead atoms. The zero-order valence-corrected chi connectivity index (χ0v) is 7.40. The molecule has 0 saturated carbocycles. The molecule has 0 spiro atoms. The van der Waals surface area contributed by atoms with E-state index in [0.717, 1.165) is 12.0 Å². The highest BCUT2D eigenvalue weighted by molar-refractivity contribution is 5.48. The fourth-order valence-corrected chi connectivity index (χ4v) is 1.07. The second kappa shape index (κ2) is 4.27. The largest absolute Gasteiger partial charge is 0.344 e. The smallest absolute Gasteiger partial charge is 0.209 e. The van der Waals surface area contributed by atoms with Gasteiger partial charge in [0, 0.05) is 13.6 Å². The molecule has 3 heteroatoms. The summed E-state index contributed by atoms with van der Waals surface area (Å²) in [5, 5.41) is 8.75. The summed E-state index contributed by atoms with van der Waals surface area (Å²) in [6.45, 7) is 0.479. The lowest BCUT2D eigenvalue weighted by Gasteiger charge is -2.10. The molecule has 3 nitrogen and oxygen atoms in total. The number of nitriles is 1. The first-order valence-corrected chi connectivity index (χ1v) is 3.91. The average Bonchev–Trinajstić information content (AvgIpc) is 2.18. The normalized spacial score (nSPS) is 8.92. The number of nitrogens with zero attached hydrogens (tertiary/aromatic N) is 2. The van der Waals surface area contributed by atoms with E-state index in [1.54, 1.807) is 13.1 Å². The van der Waals surface area contributed by atoms with Gasteiger partial charge in [-0.2, -0.15) is 5.26 Å². The van der Waals surface area contributed by atoms with E-state index in [4.69, 9.17) is 5.26 Å². The summed E-state index contributed by atoms with van der Waals surface area (Å²) in [7, 11) is 1.68. The van der Waals surface area contributed by atoms with Crippen LogP contribution in [0.5, 0.6) is 0 Å². The Labute approximate surface area is 77.2 Å². The molecule has 0 aromatic heterocycles. The van der Waals surface area contributed by atoms with Crippen LogP contribution in [0.4, 0.5) is 0 Å². The van der Waals surface area contributed by atoms with Crippen molar-refractivity contribution in [2.45, 2.75) is 6.54 Å². The highest BCUT2D eigenvalue weighted by Gasteiger charge is 2.01. The highest BCUT2D eigenvalue weighted by Crippen LogP contribution is 2.08. The summed E-state index contributed by atoms with van der Waals surface area (Å²) in [6, 6.07) is 9.34. The quantitative estimate of drug-likeness (QED) is 0.645. The first-order chi connectivity index (χ1) is 6.27. The molecule has 0 aliphatic heterocycles. The van der Waals surface area contributed by atoms with E-state index >= 15 is 0 Å². The van der Waals surface area contributed by atoms with Crippen molar-refractivity contribution in [2.75, 3.05) is 7.05 Å². The third kappa shape index (κ3) is 2.31. The van der Waals surface area contributed by atoms with Gasteiger partial charge in [-0.1, -0.05) is 18.2 Å². The van der Waals surface area contributed by atoms with Crippen LogP contribution in [0.25, 0.3) is 0 Å². The van der Waals surface area contributed by atoms with Crippen molar-refractivity contribution in [2.24, 2.45) is 0 Å². The minimum atomic E-state index is 0.479. The van der Waals surface area contributed by atoms with Crippen LogP contribution in [-0.4, -0.2) is 18.4 Å². The highest BCUT2D eigenvalue weighted by atomic mass is 16.1. The molecule has 1 aromatic rings. The summed E-state index contributed by atoms with van der Waals surface area (Å²) in [4.78, 5) is 11.8. The maximum Gasteiger partial charge on any atom is 0.209 e. The van der Waals surface area contributed by atoms with Gasteiger partial charge in [0.25, 0.3) is 0 Å². The van der Waals surface area contributed by atoms with Crippen molar-refractivity contribution in [1.82, 2.24) is 4.90 Å². The van der Waals surface area contributed by atoms with Gasteiger partial charge in [-0.3, -0.25) is 4.79 Å². The zero-order valence-electron chi connectivity index (χ0n) is 7.40. The van der Waals surface area contributed by atoms with Crippen molar-refractivity contribution in [3.63, 3.8) is 0 Å². The summed E-state index contributed by atoms with van der Waals surface area (Å²) < 4.78 is 0. The molecule has 0 aliphatic carbocycles. The molecule has 0 atom stereocenters. The van der Waals surface area contributed by atoms with Crippen LogP contribution in [0.3, 0.4) is 0 Å². The van der Waals surface area contributed by atoms with Gasteiger partial charge in [0.15, 0.2) is 0 Å². The van der Waals surface area contributed by atoms with Crippen molar-refractivity contribution in [3.05, 3.63) is 35.4 Å². The van der Waals surface area contributed by atoms with Gasteiger partial charge >= 0.3 is 0 Å². The Balaban J connectivity index is 2.88. The van der Waals surface area contributed by atoms with Crippen molar-refractivity contribution < 1.29 is 4.79 Å². The van der Waals surface area contributed by atoms with Crippen LogP contribution in [0.1, 0.15) is 11.1 Å². The van der Waals surface area contributed by atoms with E-state index < -0.39 is 0 Å². The topological polar surface area (TPSA) is 44.1 Å². The predicted octanol–water partition coefficient (Wildman–Crippen LogP) is 1.15. The van der Waals surface area contributed by atoms with Gasteiger partial charge in [-0.25, -0.2) is 0 Å². The standard InChI is InChI=1S/C10H10N2O/c1-12(8-13)7-10-5-3-2-4-9(10)6-11/h2-5,8H,7H2,1H3. The van der Waals surface area contributed by atoms with Crippen LogP contribution in [0.2, 0.25) is 0 Å².